The second-order valence-corrected chi connectivity index (χ2v) is 8.13. The lowest BCUT2D eigenvalue weighted by molar-refractivity contribution is 0.0386. The van der Waals surface area contributed by atoms with E-state index in [1.54, 1.807) is 24.1 Å². The van der Waals surface area contributed by atoms with Gasteiger partial charge in [0.05, 0.1) is 17.4 Å². The van der Waals surface area contributed by atoms with E-state index in [-0.39, 0.29) is 34.9 Å². The van der Waals surface area contributed by atoms with Crippen molar-refractivity contribution in [2.75, 3.05) is 0 Å². The number of halogens is 3. The summed E-state index contributed by atoms with van der Waals surface area (Å²) in [5.41, 5.74) is 2.58. The first-order chi connectivity index (χ1) is 15.4. The highest BCUT2D eigenvalue weighted by Crippen LogP contribution is 2.45. The zero-order chi connectivity index (χ0) is 22.6. The molecule has 5 rings (SSSR count). The number of hydrogen-bond donors (Lipinski definition) is 0. The lowest BCUT2D eigenvalue weighted by atomic mass is 9.81. The van der Waals surface area contributed by atoms with Crippen LogP contribution < -0.4 is 0 Å². The summed E-state index contributed by atoms with van der Waals surface area (Å²) >= 11 is 0. The molecule has 4 heterocycles. The second kappa shape index (κ2) is 7.48. The van der Waals surface area contributed by atoms with Crippen molar-refractivity contribution in [1.29, 1.82) is 5.26 Å². The van der Waals surface area contributed by atoms with E-state index in [0.29, 0.717) is 24.2 Å². The van der Waals surface area contributed by atoms with Crippen molar-refractivity contribution >= 4 is 5.91 Å². The molecule has 32 heavy (non-hydrogen) atoms. The molecular weight excluding hydrogens is 419 g/mol. The number of carbonyl (C=O) groups is 1. The van der Waals surface area contributed by atoms with Crippen LogP contribution in [0.4, 0.5) is 13.2 Å². The smallest absolute Gasteiger partial charge is 0.273 e. The fraction of sp³-hybridized carbons (Fsp3) is 0.304. The van der Waals surface area contributed by atoms with Crippen LogP contribution in [0.25, 0.3) is 11.3 Å². The van der Waals surface area contributed by atoms with E-state index in [1.807, 2.05) is 6.07 Å². The van der Waals surface area contributed by atoms with Gasteiger partial charge < -0.3 is 4.90 Å². The highest BCUT2D eigenvalue weighted by atomic mass is 19.2. The first-order valence-corrected chi connectivity index (χ1v) is 10.3. The minimum atomic E-state index is -1.51. The number of amides is 1. The van der Waals surface area contributed by atoms with Gasteiger partial charge >= 0.3 is 0 Å². The maximum atomic E-state index is 13.9. The molecule has 6 nitrogen and oxygen atoms in total. The zero-order valence-electron chi connectivity index (χ0n) is 17.1. The van der Waals surface area contributed by atoms with E-state index in [2.05, 4.69) is 10.1 Å². The quantitative estimate of drug-likeness (QED) is 0.567. The molecule has 162 valence electrons. The number of nitrogens with zero attached hydrogens (tertiary/aromatic N) is 5. The highest BCUT2D eigenvalue weighted by Gasteiger charge is 2.44. The molecule has 2 bridgehead atoms. The third-order valence-corrected chi connectivity index (χ3v) is 6.25. The Hall–Kier alpha value is -3.67. The van der Waals surface area contributed by atoms with E-state index in [1.165, 1.54) is 10.7 Å². The molecule has 1 saturated heterocycles. The molecule has 2 atom stereocenters. The van der Waals surface area contributed by atoms with Crippen LogP contribution in [0.15, 0.2) is 30.3 Å². The van der Waals surface area contributed by atoms with E-state index >= 15 is 0 Å². The van der Waals surface area contributed by atoms with Crippen LogP contribution in [0, 0.1) is 28.8 Å². The Labute approximate surface area is 181 Å². The van der Waals surface area contributed by atoms with Gasteiger partial charge in [-0.15, -0.1) is 0 Å². The van der Waals surface area contributed by atoms with Gasteiger partial charge in [0.2, 0.25) is 0 Å². The van der Waals surface area contributed by atoms with Crippen molar-refractivity contribution in [3.8, 4) is 17.3 Å². The molecule has 0 radical (unpaired) electrons. The first kappa shape index (κ1) is 20.2. The van der Waals surface area contributed by atoms with E-state index in [0.717, 1.165) is 30.5 Å². The predicted octanol–water partition coefficient (Wildman–Crippen LogP) is 4.06. The van der Waals surface area contributed by atoms with Crippen LogP contribution in [0.2, 0.25) is 0 Å². The topological polar surface area (TPSA) is 74.8 Å². The maximum absolute atomic E-state index is 13.9. The van der Waals surface area contributed by atoms with Crippen molar-refractivity contribution < 1.29 is 18.0 Å². The molecule has 2 aliphatic rings. The van der Waals surface area contributed by atoms with Gasteiger partial charge in [-0.3, -0.25) is 9.48 Å². The Morgan fingerprint density at radius 2 is 1.94 bits per heavy atom. The van der Waals surface area contributed by atoms with Crippen LogP contribution in [-0.4, -0.2) is 31.6 Å². The number of aromatic nitrogens is 3. The summed E-state index contributed by atoms with van der Waals surface area (Å²) in [6, 6.07) is 8.19. The Kier molecular flexibility index (Phi) is 4.73. The van der Waals surface area contributed by atoms with Gasteiger partial charge in [0.15, 0.2) is 17.5 Å². The number of fused-ring (bicyclic) bond motifs is 4. The average molecular weight is 437 g/mol. The fourth-order valence-corrected chi connectivity index (χ4v) is 4.95. The predicted molar refractivity (Wildman–Crippen MR) is 108 cm³/mol. The SMILES string of the molecule is Cn1nc2c(c1-c1cc(F)c(F)c(F)c1)C[C@@H]1CCC[C@H]2N1C(=O)c1cccc(C#N)n1. The summed E-state index contributed by atoms with van der Waals surface area (Å²) in [6.07, 6.45) is 2.82. The molecule has 9 heteroatoms. The highest BCUT2D eigenvalue weighted by molar-refractivity contribution is 5.93. The molecular formula is C23H18F3N5O. The molecule has 2 aliphatic heterocycles. The molecule has 0 N–H and O–H groups in total. The summed E-state index contributed by atoms with van der Waals surface area (Å²) in [5.74, 6) is -4.29. The number of pyridine rings is 1. The number of piperidine rings is 1. The summed E-state index contributed by atoms with van der Waals surface area (Å²) in [4.78, 5) is 19.3. The van der Waals surface area contributed by atoms with Gasteiger partial charge in [-0.1, -0.05) is 6.07 Å². The molecule has 0 aliphatic carbocycles. The average Bonchev–Trinajstić information content (AvgIpc) is 3.11. The van der Waals surface area contributed by atoms with Crippen molar-refractivity contribution in [2.45, 2.75) is 37.8 Å². The van der Waals surface area contributed by atoms with Crippen molar-refractivity contribution in [2.24, 2.45) is 7.05 Å². The van der Waals surface area contributed by atoms with Gasteiger partial charge in [0.25, 0.3) is 5.91 Å². The Morgan fingerprint density at radius 1 is 1.19 bits per heavy atom. The van der Waals surface area contributed by atoms with Crippen LogP contribution in [-0.2, 0) is 13.5 Å². The van der Waals surface area contributed by atoms with Gasteiger partial charge in [-0.05, 0) is 49.9 Å². The monoisotopic (exact) mass is 437 g/mol. The van der Waals surface area contributed by atoms with Gasteiger partial charge in [0, 0.05) is 24.2 Å². The van der Waals surface area contributed by atoms with Crippen LogP contribution in [0.1, 0.15) is 52.7 Å². The third-order valence-electron chi connectivity index (χ3n) is 6.25. The van der Waals surface area contributed by atoms with Crippen molar-refractivity contribution in [3.05, 3.63) is 70.4 Å². The Balaban J connectivity index is 1.59. The number of rotatable bonds is 2. The van der Waals surface area contributed by atoms with E-state index in [9.17, 15) is 18.0 Å². The normalized spacial score (nSPS) is 19.4. The summed E-state index contributed by atoms with van der Waals surface area (Å²) in [5, 5.41) is 13.7. The van der Waals surface area contributed by atoms with Gasteiger partial charge in [-0.2, -0.15) is 10.4 Å². The third kappa shape index (κ3) is 3.06. The molecule has 1 aromatic carbocycles. The molecule has 2 aromatic heterocycles. The zero-order valence-corrected chi connectivity index (χ0v) is 17.1. The standard InChI is InChI=1S/C23H18F3N5O/c1-30-22(12-8-16(24)20(26)17(25)9-12)15-10-14-5-3-7-19(21(15)29-30)31(14)23(32)18-6-2-4-13(11-27)28-18/h2,4,6,8-9,14,19H,3,5,7,10H2,1H3/t14-,19+/m0/s1. The molecule has 0 unspecified atom stereocenters. The number of hydrogen-bond acceptors (Lipinski definition) is 4. The number of carbonyl (C=O) groups excluding carboxylic acids is 1. The van der Waals surface area contributed by atoms with Gasteiger partial charge in [0.1, 0.15) is 17.5 Å². The van der Waals surface area contributed by atoms with Crippen molar-refractivity contribution in [3.63, 3.8) is 0 Å². The lowest BCUT2D eigenvalue weighted by Crippen LogP contribution is -2.50. The summed E-state index contributed by atoms with van der Waals surface area (Å²) < 4.78 is 42.9. The first-order valence-electron chi connectivity index (χ1n) is 10.3. The largest absolute Gasteiger partial charge is 0.325 e. The molecule has 3 aromatic rings. The molecule has 0 saturated carbocycles. The summed E-state index contributed by atoms with van der Waals surface area (Å²) in [6.45, 7) is 0. The van der Waals surface area contributed by atoms with Crippen LogP contribution in [0.5, 0.6) is 0 Å². The lowest BCUT2D eigenvalue weighted by Gasteiger charge is -2.45. The number of nitriles is 1. The Bertz CT molecular complexity index is 1270. The van der Waals surface area contributed by atoms with Crippen LogP contribution >= 0.6 is 0 Å². The maximum Gasteiger partial charge on any atom is 0.273 e. The van der Waals surface area contributed by atoms with Crippen molar-refractivity contribution in [1.82, 2.24) is 19.7 Å². The number of benzene rings is 1. The molecule has 1 fully saturated rings. The minimum absolute atomic E-state index is 0.139. The minimum Gasteiger partial charge on any atom is -0.325 e. The van der Waals surface area contributed by atoms with Gasteiger partial charge in [-0.25, -0.2) is 18.2 Å². The van der Waals surface area contributed by atoms with Crippen LogP contribution in [0.3, 0.4) is 0 Å². The molecule has 0 spiro atoms. The van der Waals surface area contributed by atoms with E-state index < -0.39 is 17.5 Å². The molecule has 1 amide bonds. The fourth-order valence-electron chi connectivity index (χ4n) is 4.95. The second-order valence-electron chi connectivity index (χ2n) is 8.13. The van der Waals surface area contributed by atoms with E-state index in [4.69, 9.17) is 5.26 Å². The summed E-state index contributed by atoms with van der Waals surface area (Å²) in [7, 11) is 1.67. The Morgan fingerprint density at radius 3 is 2.66 bits per heavy atom. The number of aryl methyl sites for hydroxylation is 1.